The number of ether oxygens (including phenoxy) is 2. The maximum Gasteiger partial charge on any atom is 0.129 e. The number of thiazole rings is 1. The van der Waals surface area contributed by atoms with Crippen molar-refractivity contribution >= 4 is 11.3 Å². The van der Waals surface area contributed by atoms with E-state index in [0.29, 0.717) is 12.5 Å². The lowest BCUT2D eigenvalue weighted by Crippen LogP contribution is -2.03. The molecule has 2 aromatic rings. The van der Waals surface area contributed by atoms with Crippen molar-refractivity contribution in [2.75, 3.05) is 20.3 Å². The Bertz CT molecular complexity index is 552. The van der Waals surface area contributed by atoms with Crippen molar-refractivity contribution < 1.29 is 9.47 Å². The molecule has 120 valence electrons. The van der Waals surface area contributed by atoms with Crippen molar-refractivity contribution in [2.24, 2.45) is 5.92 Å². The molecule has 0 saturated carbocycles. The molecule has 3 nitrogen and oxygen atoms in total. The maximum absolute atomic E-state index is 6.00. The van der Waals surface area contributed by atoms with Gasteiger partial charge in [0.2, 0.25) is 0 Å². The van der Waals surface area contributed by atoms with E-state index >= 15 is 0 Å². The lowest BCUT2D eigenvalue weighted by Gasteiger charge is -2.13. The highest BCUT2D eigenvalue weighted by Gasteiger charge is 2.10. The second kappa shape index (κ2) is 8.91. The molecule has 1 aromatic heterocycles. The van der Waals surface area contributed by atoms with Crippen LogP contribution in [0.4, 0.5) is 0 Å². The first kappa shape index (κ1) is 17.0. The maximum atomic E-state index is 6.00. The lowest BCUT2D eigenvalue weighted by molar-refractivity contribution is 0.172. The number of nitrogens with zero attached hydrogens (tertiary/aromatic N) is 1. The van der Waals surface area contributed by atoms with Crippen LogP contribution in [0.2, 0.25) is 0 Å². The van der Waals surface area contributed by atoms with Crippen LogP contribution in [0.1, 0.15) is 32.3 Å². The van der Waals surface area contributed by atoms with Crippen molar-refractivity contribution in [3.63, 3.8) is 0 Å². The third-order valence-electron chi connectivity index (χ3n) is 3.47. The predicted octanol–water partition coefficient (Wildman–Crippen LogP) is 4.81. The van der Waals surface area contributed by atoms with Gasteiger partial charge in [-0.3, -0.25) is 0 Å². The minimum atomic E-state index is 0.667. The second-order valence-electron chi connectivity index (χ2n) is 5.80. The number of rotatable bonds is 9. The Kier molecular flexibility index (Phi) is 6.87. The van der Waals surface area contributed by atoms with E-state index in [-0.39, 0.29) is 0 Å². The Morgan fingerprint density at radius 2 is 2.09 bits per heavy atom. The molecule has 4 heteroatoms. The quantitative estimate of drug-likeness (QED) is 0.621. The third kappa shape index (κ3) is 5.11. The smallest absolute Gasteiger partial charge is 0.129 e. The van der Waals surface area contributed by atoms with Gasteiger partial charge in [-0.2, -0.15) is 0 Å². The van der Waals surface area contributed by atoms with Gasteiger partial charge in [-0.05, 0) is 36.5 Å². The summed E-state index contributed by atoms with van der Waals surface area (Å²) in [5, 5.41) is 3.01. The Morgan fingerprint density at radius 3 is 2.77 bits per heavy atom. The standard InChI is InChI=1S/C18H25NO2S/c1-14(2)5-6-15-7-8-16(18-19-9-12-22-18)17(13-15)21-11-4-10-20-3/h7-9,12-14H,4-6,10-11H2,1-3H3. The normalized spacial score (nSPS) is 11.1. The third-order valence-corrected chi connectivity index (χ3v) is 4.28. The second-order valence-corrected chi connectivity index (χ2v) is 6.69. The number of methoxy groups -OCH3 is 1. The molecule has 0 radical (unpaired) electrons. The van der Waals surface area contributed by atoms with Crippen LogP contribution in [0.5, 0.6) is 5.75 Å². The highest BCUT2D eigenvalue weighted by atomic mass is 32.1. The van der Waals surface area contributed by atoms with E-state index in [2.05, 4.69) is 37.0 Å². The van der Waals surface area contributed by atoms with Crippen LogP contribution in [-0.4, -0.2) is 25.3 Å². The lowest BCUT2D eigenvalue weighted by atomic mass is 10.0. The molecule has 0 spiro atoms. The predicted molar refractivity (Wildman–Crippen MR) is 92.7 cm³/mol. The minimum Gasteiger partial charge on any atom is -0.493 e. The van der Waals surface area contributed by atoms with Crippen LogP contribution in [0.15, 0.2) is 29.8 Å². The molecular formula is C18H25NO2S. The molecule has 1 aromatic carbocycles. The summed E-state index contributed by atoms with van der Waals surface area (Å²) in [6, 6.07) is 6.51. The van der Waals surface area contributed by atoms with Gasteiger partial charge < -0.3 is 9.47 Å². The number of hydrogen-bond acceptors (Lipinski definition) is 4. The van der Waals surface area contributed by atoms with Crippen LogP contribution in [0, 0.1) is 5.92 Å². The number of aryl methyl sites for hydroxylation is 1. The Balaban J connectivity index is 2.13. The molecule has 0 N–H and O–H groups in total. The molecule has 2 rings (SSSR count). The van der Waals surface area contributed by atoms with Crippen molar-refractivity contribution in [1.29, 1.82) is 0 Å². The molecule has 1 heterocycles. The van der Waals surface area contributed by atoms with Crippen LogP contribution >= 0.6 is 11.3 Å². The number of aromatic nitrogens is 1. The van der Waals surface area contributed by atoms with E-state index in [1.54, 1.807) is 18.4 Å². The van der Waals surface area contributed by atoms with Gasteiger partial charge >= 0.3 is 0 Å². The average Bonchev–Trinajstić information content (AvgIpc) is 3.04. The van der Waals surface area contributed by atoms with E-state index in [1.807, 2.05) is 11.6 Å². The van der Waals surface area contributed by atoms with Gasteiger partial charge in [0.1, 0.15) is 10.8 Å². The summed E-state index contributed by atoms with van der Waals surface area (Å²) in [5.41, 5.74) is 2.41. The van der Waals surface area contributed by atoms with Gasteiger partial charge in [0.15, 0.2) is 0 Å². The molecule has 0 saturated heterocycles. The zero-order chi connectivity index (χ0) is 15.8. The van der Waals surface area contributed by atoms with E-state index in [1.165, 1.54) is 12.0 Å². The van der Waals surface area contributed by atoms with Crippen LogP contribution < -0.4 is 4.74 Å². The molecule has 0 fully saturated rings. The molecule has 0 aliphatic carbocycles. The molecule has 22 heavy (non-hydrogen) atoms. The van der Waals surface area contributed by atoms with Crippen molar-refractivity contribution in [1.82, 2.24) is 4.98 Å². The van der Waals surface area contributed by atoms with E-state index < -0.39 is 0 Å². The van der Waals surface area contributed by atoms with E-state index in [0.717, 1.165) is 35.8 Å². The molecule has 0 atom stereocenters. The van der Waals surface area contributed by atoms with Crippen molar-refractivity contribution in [3.8, 4) is 16.3 Å². The first-order chi connectivity index (χ1) is 10.7. The molecular weight excluding hydrogens is 294 g/mol. The highest BCUT2D eigenvalue weighted by molar-refractivity contribution is 7.13. The van der Waals surface area contributed by atoms with Gasteiger partial charge in [-0.15, -0.1) is 11.3 Å². The zero-order valence-electron chi connectivity index (χ0n) is 13.7. The highest BCUT2D eigenvalue weighted by Crippen LogP contribution is 2.33. The SMILES string of the molecule is COCCCOc1cc(CCC(C)C)ccc1-c1nccs1. The van der Waals surface area contributed by atoms with Crippen LogP contribution in [0.3, 0.4) is 0 Å². The van der Waals surface area contributed by atoms with Crippen LogP contribution in [0.25, 0.3) is 10.6 Å². The van der Waals surface area contributed by atoms with Gasteiger partial charge in [-0.25, -0.2) is 4.98 Å². The summed E-state index contributed by atoms with van der Waals surface area (Å²) in [5.74, 6) is 1.65. The molecule has 0 unspecified atom stereocenters. The van der Waals surface area contributed by atoms with Gasteiger partial charge in [-0.1, -0.05) is 19.9 Å². The number of benzene rings is 1. The van der Waals surface area contributed by atoms with Gasteiger partial charge in [0, 0.05) is 31.7 Å². The Labute approximate surface area is 137 Å². The topological polar surface area (TPSA) is 31.4 Å². The number of hydrogen-bond donors (Lipinski definition) is 0. The van der Waals surface area contributed by atoms with Crippen molar-refractivity contribution in [3.05, 3.63) is 35.3 Å². The van der Waals surface area contributed by atoms with Crippen molar-refractivity contribution in [2.45, 2.75) is 33.1 Å². The monoisotopic (exact) mass is 319 g/mol. The van der Waals surface area contributed by atoms with Crippen LogP contribution in [-0.2, 0) is 11.2 Å². The molecule has 0 bridgehead atoms. The Morgan fingerprint density at radius 1 is 1.23 bits per heavy atom. The first-order valence-corrected chi connectivity index (χ1v) is 8.73. The molecule has 0 amide bonds. The minimum absolute atomic E-state index is 0.667. The summed E-state index contributed by atoms with van der Waals surface area (Å²) in [6.45, 7) is 5.90. The molecule has 0 aliphatic heterocycles. The fraction of sp³-hybridized carbons (Fsp3) is 0.500. The average molecular weight is 319 g/mol. The largest absolute Gasteiger partial charge is 0.493 e. The summed E-state index contributed by atoms with van der Waals surface area (Å²) in [6.07, 6.45) is 5.01. The Hall–Kier alpha value is -1.39. The zero-order valence-corrected chi connectivity index (χ0v) is 14.5. The fourth-order valence-electron chi connectivity index (χ4n) is 2.22. The summed E-state index contributed by atoms with van der Waals surface area (Å²) in [7, 11) is 1.72. The van der Waals surface area contributed by atoms with E-state index in [9.17, 15) is 0 Å². The van der Waals surface area contributed by atoms with Gasteiger partial charge in [0.05, 0.1) is 12.2 Å². The molecule has 0 aliphatic rings. The first-order valence-electron chi connectivity index (χ1n) is 7.85. The summed E-state index contributed by atoms with van der Waals surface area (Å²) < 4.78 is 11.1. The summed E-state index contributed by atoms with van der Waals surface area (Å²) in [4.78, 5) is 4.41. The summed E-state index contributed by atoms with van der Waals surface area (Å²) >= 11 is 1.64. The van der Waals surface area contributed by atoms with Gasteiger partial charge in [0.25, 0.3) is 0 Å². The fourth-order valence-corrected chi connectivity index (χ4v) is 2.88. The van der Waals surface area contributed by atoms with E-state index in [4.69, 9.17) is 9.47 Å².